The predicted molar refractivity (Wildman–Crippen MR) is 94.8 cm³/mol. The van der Waals surface area contributed by atoms with Crippen molar-refractivity contribution < 1.29 is 4.79 Å². The van der Waals surface area contributed by atoms with Crippen LogP contribution in [-0.4, -0.2) is 34.4 Å². The lowest BCUT2D eigenvalue weighted by molar-refractivity contribution is -0.116. The van der Waals surface area contributed by atoms with Crippen LogP contribution in [0.1, 0.15) is 42.3 Å². The van der Waals surface area contributed by atoms with Crippen LogP contribution in [0.2, 0.25) is 0 Å². The first-order chi connectivity index (χ1) is 11.6. The van der Waals surface area contributed by atoms with Crippen molar-refractivity contribution >= 4 is 11.6 Å². The van der Waals surface area contributed by atoms with Gasteiger partial charge in [0.05, 0.1) is 23.6 Å². The Bertz CT molecular complexity index is 702. The summed E-state index contributed by atoms with van der Waals surface area (Å²) < 4.78 is 0. The van der Waals surface area contributed by atoms with Gasteiger partial charge in [0.2, 0.25) is 5.91 Å². The van der Waals surface area contributed by atoms with E-state index in [4.69, 9.17) is 4.98 Å². The number of nitrogens with one attached hydrogen (secondary N) is 1. The molecule has 126 valence electrons. The average molecular weight is 324 g/mol. The van der Waals surface area contributed by atoms with E-state index in [1.165, 1.54) is 12.0 Å². The summed E-state index contributed by atoms with van der Waals surface area (Å²) in [5, 5.41) is 2.88. The van der Waals surface area contributed by atoms with Crippen molar-refractivity contribution in [2.45, 2.75) is 38.6 Å². The van der Waals surface area contributed by atoms with Gasteiger partial charge in [-0.15, -0.1) is 0 Å². The molecule has 0 radical (unpaired) electrons. The number of pyridine rings is 2. The van der Waals surface area contributed by atoms with Crippen molar-refractivity contribution in [3.8, 4) is 0 Å². The molecule has 3 heterocycles. The molecule has 1 aliphatic rings. The van der Waals surface area contributed by atoms with Crippen LogP contribution in [-0.2, 0) is 11.2 Å². The van der Waals surface area contributed by atoms with E-state index >= 15 is 0 Å². The minimum Gasteiger partial charge on any atom is -0.325 e. The summed E-state index contributed by atoms with van der Waals surface area (Å²) >= 11 is 0. The van der Waals surface area contributed by atoms with E-state index in [-0.39, 0.29) is 5.91 Å². The Morgan fingerprint density at radius 2 is 2.29 bits per heavy atom. The first-order valence-corrected chi connectivity index (χ1v) is 8.49. The normalized spacial score (nSPS) is 17.8. The third-order valence-electron chi connectivity index (χ3n) is 4.48. The molecule has 1 fully saturated rings. The number of hydrogen-bond acceptors (Lipinski definition) is 4. The Balaban J connectivity index is 1.62. The van der Waals surface area contributed by atoms with E-state index < -0.39 is 0 Å². The molecule has 24 heavy (non-hydrogen) atoms. The van der Waals surface area contributed by atoms with Crippen molar-refractivity contribution in [3.63, 3.8) is 0 Å². The van der Waals surface area contributed by atoms with E-state index in [0.717, 1.165) is 36.5 Å². The highest BCUT2D eigenvalue weighted by molar-refractivity contribution is 5.90. The Morgan fingerprint density at radius 3 is 3.00 bits per heavy atom. The van der Waals surface area contributed by atoms with Gasteiger partial charge in [-0.2, -0.15) is 0 Å². The molecule has 5 nitrogen and oxygen atoms in total. The molecule has 0 aromatic carbocycles. The Hall–Kier alpha value is -2.27. The number of carbonyl (C=O) groups excluding carboxylic acids is 1. The number of anilines is 1. The van der Waals surface area contributed by atoms with Crippen molar-refractivity contribution in [1.82, 2.24) is 14.9 Å². The van der Waals surface area contributed by atoms with Crippen LogP contribution in [0.25, 0.3) is 0 Å². The van der Waals surface area contributed by atoms with Gasteiger partial charge in [-0.25, -0.2) is 0 Å². The van der Waals surface area contributed by atoms with E-state index in [1.54, 1.807) is 12.4 Å². The third kappa shape index (κ3) is 4.17. The molecular formula is C19H24N4O. The second-order valence-corrected chi connectivity index (χ2v) is 6.47. The van der Waals surface area contributed by atoms with Crippen molar-refractivity contribution in [3.05, 3.63) is 53.6 Å². The largest absolute Gasteiger partial charge is 0.325 e. The number of carbonyl (C=O) groups is 1. The standard InChI is InChI=1S/C19H24N4O/c1-14-11-15(12-17(21-14)18-6-4-10-23(18)2)7-8-19(24)22-16-5-3-9-20-13-16/h3,5,9,11-13,18H,4,6-8,10H2,1-2H3,(H,22,24). The minimum atomic E-state index is 0.0111. The van der Waals surface area contributed by atoms with E-state index in [1.807, 2.05) is 19.1 Å². The molecule has 5 heteroatoms. The fourth-order valence-electron chi connectivity index (χ4n) is 3.29. The molecule has 2 aromatic rings. The summed E-state index contributed by atoms with van der Waals surface area (Å²) in [6.07, 6.45) is 6.91. The Kier molecular flexibility index (Phi) is 5.20. The molecule has 0 spiro atoms. The van der Waals surface area contributed by atoms with E-state index in [0.29, 0.717) is 12.5 Å². The number of amides is 1. The molecule has 1 unspecified atom stereocenters. The molecule has 3 rings (SSSR count). The fraction of sp³-hybridized carbons (Fsp3) is 0.421. The van der Waals surface area contributed by atoms with Crippen LogP contribution in [0.4, 0.5) is 5.69 Å². The van der Waals surface area contributed by atoms with Gasteiger partial charge in [0, 0.05) is 18.3 Å². The zero-order valence-electron chi connectivity index (χ0n) is 14.3. The topological polar surface area (TPSA) is 58.1 Å². The smallest absolute Gasteiger partial charge is 0.224 e. The fourth-order valence-corrected chi connectivity index (χ4v) is 3.29. The SMILES string of the molecule is Cc1cc(CCC(=O)Nc2cccnc2)cc(C2CCCN2C)n1. The Labute approximate surface area is 143 Å². The van der Waals surface area contributed by atoms with Crippen molar-refractivity contribution in [1.29, 1.82) is 0 Å². The van der Waals surface area contributed by atoms with Crippen LogP contribution in [0.5, 0.6) is 0 Å². The van der Waals surface area contributed by atoms with Crippen molar-refractivity contribution in [2.75, 3.05) is 18.9 Å². The number of hydrogen-bond donors (Lipinski definition) is 1. The Morgan fingerprint density at radius 1 is 1.42 bits per heavy atom. The first kappa shape index (κ1) is 16.6. The van der Waals surface area contributed by atoms with E-state index in [9.17, 15) is 4.79 Å². The van der Waals surface area contributed by atoms with Gasteiger partial charge in [0.15, 0.2) is 0 Å². The van der Waals surface area contributed by atoms with Crippen LogP contribution < -0.4 is 5.32 Å². The number of aromatic nitrogens is 2. The highest BCUT2D eigenvalue weighted by Gasteiger charge is 2.24. The maximum Gasteiger partial charge on any atom is 0.224 e. The lowest BCUT2D eigenvalue weighted by atomic mass is 10.0. The second kappa shape index (κ2) is 7.53. The number of nitrogens with zero attached hydrogens (tertiary/aromatic N) is 3. The molecule has 1 aliphatic heterocycles. The molecule has 0 bridgehead atoms. The molecular weight excluding hydrogens is 300 g/mol. The zero-order chi connectivity index (χ0) is 16.9. The summed E-state index contributed by atoms with van der Waals surface area (Å²) in [4.78, 5) is 23.2. The summed E-state index contributed by atoms with van der Waals surface area (Å²) in [6, 6.07) is 8.31. The van der Waals surface area contributed by atoms with Crippen LogP contribution >= 0.6 is 0 Å². The lowest BCUT2D eigenvalue weighted by Gasteiger charge is -2.20. The highest BCUT2D eigenvalue weighted by Crippen LogP contribution is 2.29. The molecule has 1 atom stereocenters. The van der Waals surface area contributed by atoms with Crippen LogP contribution in [0, 0.1) is 6.92 Å². The average Bonchev–Trinajstić information content (AvgIpc) is 2.99. The predicted octanol–water partition coefficient (Wildman–Crippen LogP) is 3.12. The molecule has 1 N–H and O–H groups in total. The second-order valence-electron chi connectivity index (χ2n) is 6.47. The minimum absolute atomic E-state index is 0.0111. The summed E-state index contributed by atoms with van der Waals surface area (Å²) in [6.45, 7) is 3.15. The maximum atomic E-state index is 12.1. The molecule has 2 aromatic heterocycles. The van der Waals surface area contributed by atoms with Crippen LogP contribution in [0.15, 0.2) is 36.7 Å². The number of aryl methyl sites for hydroxylation is 2. The first-order valence-electron chi connectivity index (χ1n) is 8.49. The van der Waals surface area contributed by atoms with Crippen molar-refractivity contribution in [2.24, 2.45) is 0 Å². The van der Waals surface area contributed by atoms with Gasteiger partial charge in [-0.1, -0.05) is 0 Å². The zero-order valence-corrected chi connectivity index (χ0v) is 14.3. The third-order valence-corrected chi connectivity index (χ3v) is 4.48. The van der Waals surface area contributed by atoms with Gasteiger partial charge in [-0.05, 0) is 69.6 Å². The summed E-state index contributed by atoms with van der Waals surface area (Å²) in [7, 11) is 2.16. The quantitative estimate of drug-likeness (QED) is 0.918. The monoisotopic (exact) mass is 324 g/mol. The highest BCUT2D eigenvalue weighted by atomic mass is 16.1. The molecule has 1 amide bonds. The van der Waals surface area contributed by atoms with Gasteiger partial charge >= 0.3 is 0 Å². The number of likely N-dealkylation sites (tertiary alicyclic amines) is 1. The molecule has 1 saturated heterocycles. The number of rotatable bonds is 5. The maximum absolute atomic E-state index is 12.1. The van der Waals surface area contributed by atoms with Gasteiger partial charge in [0.1, 0.15) is 0 Å². The van der Waals surface area contributed by atoms with Gasteiger partial charge in [-0.3, -0.25) is 19.7 Å². The molecule has 0 saturated carbocycles. The van der Waals surface area contributed by atoms with Crippen LogP contribution in [0.3, 0.4) is 0 Å². The van der Waals surface area contributed by atoms with Gasteiger partial charge < -0.3 is 5.32 Å². The summed E-state index contributed by atoms with van der Waals surface area (Å²) in [5.41, 5.74) is 4.08. The molecule has 0 aliphatic carbocycles. The lowest BCUT2D eigenvalue weighted by Crippen LogP contribution is -2.19. The van der Waals surface area contributed by atoms with Gasteiger partial charge in [0.25, 0.3) is 0 Å². The van der Waals surface area contributed by atoms with E-state index in [2.05, 4.69) is 34.4 Å². The summed E-state index contributed by atoms with van der Waals surface area (Å²) in [5.74, 6) is 0.0111.